The van der Waals surface area contributed by atoms with E-state index in [1.165, 1.54) is 31.1 Å². The number of aliphatic carboxylic acids is 1. The third-order valence-corrected chi connectivity index (χ3v) is 11.5. The van der Waals surface area contributed by atoms with Gasteiger partial charge in [0.1, 0.15) is 5.60 Å². The highest BCUT2D eigenvalue weighted by molar-refractivity contribution is 5.92. The molecule has 7 fully saturated rings. The monoisotopic (exact) mass is 740 g/mol. The first kappa shape index (κ1) is 42.6. The van der Waals surface area contributed by atoms with E-state index in [1.54, 1.807) is 32.1 Å². The van der Waals surface area contributed by atoms with Crippen molar-refractivity contribution in [3.63, 3.8) is 0 Å². The lowest BCUT2D eigenvalue weighted by molar-refractivity contribution is -0.394. The van der Waals surface area contributed by atoms with E-state index in [1.807, 2.05) is 20.8 Å². The summed E-state index contributed by atoms with van der Waals surface area (Å²) in [4.78, 5) is 43.5. The topological polar surface area (TPSA) is 195 Å². The van der Waals surface area contributed by atoms with Gasteiger partial charge >= 0.3 is 23.9 Å². The molecule has 0 amide bonds. The Kier molecular flexibility index (Phi) is 16.3. The Morgan fingerprint density at radius 1 is 0.731 bits per heavy atom. The van der Waals surface area contributed by atoms with Crippen LogP contribution in [0.1, 0.15) is 130 Å². The van der Waals surface area contributed by atoms with E-state index < -0.39 is 47.9 Å². The first-order valence-corrected chi connectivity index (χ1v) is 19.8. The fourth-order valence-corrected chi connectivity index (χ4v) is 9.07. The molecule has 7 aliphatic rings. The van der Waals surface area contributed by atoms with E-state index in [0.29, 0.717) is 44.4 Å². The Bertz CT molecular complexity index is 1120. The predicted octanol–water partition coefficient (Wildman–Crippen LogP) is 4.90. The Labute approximate surface area is 308 Å². The smallest absolute Gasteiger partial charge is 0.314 e. The van der Waals surface area contributed by atoms with Gasteiger partial charge < -0.3 is 44.1 Å². The first-order chi connectivity index (χ1) is 24.7. The molecule has 4 aliphatic carbocycles. The second-order valence-electron chi connectivity index (χ2n) is 16.7. The lowest BCUT2D eigenvalue weighted by Gasteiger charge is -2.38. The van der Waals surface area contributed by atoms with Crippen LogP contribution in [0, 0.1) is 41.4 Å². The van der Waals surface area contributed by atoms with Crippen LogP contribution in [0.15, 0.2) is 0 Å². The summed E-state index contributed by atoms with van der Waals surface area (Å²) >= 11 is 0. The lowest BCUT2D eigenvalue weighted by atomic mass is 9.77. The van der Waals surface area contributed by atoms with Gasteiger partial charge in [0.2, 0.25) is 0 Å². The van der Waals surface area contributed by atoms with Gasteiger partial charge in [-0.1, -0.05) is 32.1 Å². The summed E-state index contributed by atoms with van der Waals surface area (Å²) in [5.41, 5.74) is -0.321. The zero-order chi connectivity index (χ0) is 37.9. The van der Waals surface area contributed by atoms with Crippen LogP contribution in [0.3, 0.4) is 0 Å². The number of unbranched alkanes of at least 4 members (excludes halogenated alkanes) is 2. The van der Waals surface area contributed by atoms with Gasteiger partial charge in [-0.3, -0.25) is 19.2 Å². The molecular weight excluding hydrogens is 676 g/mol. The van der Waals surface area contributed by atoms with E-state index in [9.17, 15) is 29.4 Å². The normalized spacial score (nSPS) is 32.4. The van der Waals surface area contributed by atoms with Gasteiger partial charge in [0, 0.05) is 13.2 Å². The number of fused-ring (bicyclic) bond motifs is 6. The maximum Gasteiger partial charge on any atom is 0.314 e. The number of carboxylic acids is 1. The van der Waals surface area contributed by atoms with E-state index in [0.717, 1.165) is 12.3 Å². The van der Waals surface area contributed by atoms with Crippen LogP contribution < -0.4 is 0 Å². The van der Waals surface area contributed by atoms with Crippen molar-refractivity contribution in [1.82, 2.24) is 0 Å². The fraction of sp³-hybridized carbons (Fsp3) is 0.897. The summed E-state index contributed by atoms with van der Waals surface area (Å²) in [5.74, 6) is -1.46. The zero-order valence-corrected chi connectivity index (χ0v) is 31.5. The molecule has 3 saturated heterocycles. The molecule has 0 aromatic heterocycles. The largest absolute Gasteiger partial charge is 0.481 e. The molecule has 0 aromatic rings. The zero-order valence-electron chi connectivity index (χ0n) is 31.5. The molecule has 7 atom stereocenters. The van der Waals surface area contributed by atoms with Crippen molar-refractivity contribution in [3.8, 4) is 0 Å². The van der Waals surface area contributed by atoms with Crippen LogP contribution in [0.2, 0.25) is 0 Å². The number of hydrogen-bond donors (Lipinski definition) is 4. The maximum atomic E-state index is 11.8. The summed E-state index contributed by atoms with van der Waals surface area (Å²) in [5, 5.41) is 38.1. The molecule has 52 heavy (non-hydrogen) atoms. The van der Waals surface area contributed by atoms with Crippen molar-refractivity contribution in [2.45, 2.75) is 154 Å². The van der Waals surface area contributed by atoms with Crippen LogP contribution in [-0.2, 0) is 42.9 Å². The Balaban J connectivity index is 0.000000178. The van der Waals surface area contributed by atoms with Crippen molar-refractivity contribution in [3.05, 3.63) is 0 Å². The van der Waals surface area contributed by atoms with Crippen LogP contribution in [0.25, 0.3) is 0 Å². The molecule has 0 spiro atoms. The molecule has 4 saturated carbocycles. The molecule has 0 radical (unpaired) electrons. The number of ether oxygens (including phenoxy) is 5. The van der Waals surface area contributed by atoms with Crippen LogP contribution >= 0.6 is 0 Å². The highest BCUT2D eigenvalue weighted by Gasteiger charge is 2.62. The molecule has 13 heteroatoms. The van der Waals surface area contributed by atoms with Gasteiger partial charge in [0.05, 0.1) is 56.0 Å². The molecule has 7 rings (SSSR count). The number of aliphatic hydroxyl groups is 3. The molecule has 3 aliphatic heterocycles. The van der Waals surface area contributed by atoms with E-state index in [4.69, 9.17) is 29.2 Å². The molecule has 3 heterocycles. The number of esters is 3. The molecule has 13 nitrogen and oxygen atoms in total. The summed E-state index contributed by atoms with van der Waals surface area (Å²) in [6.07, 6.45) is 15.9. The van der Waals surface area contributed by atoms with Crippen LogP contribution in [0.5, 0.6) is 0 Å². The van der Waals surface area contributed by atoms with Gasteiger partial charge in [0.25, 0.3) is 5.97 Å². The van der Waals surface area contributed by atoms with Crippen molar-refractivity contribution in [1.29, 1.82) is 0 Å². The van der Waals surface area contributed by atoms with Crippen molar-refractivity contribution in [2.24, 2.45) is 41.4 Å². The Hall–Kier alpha value is -2.16. The predicted molar refractivity (Wildman–Crippen MR) is 187 cm³/mol. The SMILES string of the molecule is C1CC2CCC1C2.CC(C)(C)OC(=O)C1CC2CCC1C2.O=C(O)C1C2CCC(O2)C1C(O)(OCCCCO)OCCCCO.O=C1CCC(=O)O1. The number of carbonyl (C=O) groups excluding carboxylic acids is 3. The number of carbonyl (C=O) groups is 4. The number of rotatable bonds is 13. The van der Waals surface area contributed by atoms with E-state index >= 15 is 0 Å². The second-order valence-corrected chi connectivity index (χ2v) is 16.7. The molecule has 4 N–H and O–H groups in total. The van der Waals surface area contributed by atoms with Gasteiger partial charge in [0.15, 0.2) is 0 Å². The minimum Gasteiger partial charge on any atom is -0.481 e. The molecule has 298 valence electrons. The molecular formula is C39H64O13. The van der Waals surface area contributed by atoms with Crippen LogP contribution in [0.4, 0.5) is 0 Å². The number of carboxylic acid groups (broad SMARTS) is 1. The van der Waals surface area contributed by atoms with Crippen molar-refractivity contribution < 1.29 is 63.3 Å². The van der Waals surface area contributed by atoms with Gasteiger partial charge in [-0.15, -0.1) is 0 Å². The number of aliphatic hydroxyl groups excluding tert-OH is 2. The van der Waals surface area contributed by atoms with Crippen molar-refractivity contribution in [2.75, 3.05) is 26.4 Å². The minimum absolute atomic E-state index is 0.0220. The highest BCUT2D eigenvalue weighted by atomic mass is 16.8. The fourth-order valence-electron chi connectivity index (χ4n) is 9.07. The van der Waals surface area contributed by atoms with Crippen molar-refractivity contribution >= 4 is 23.9 Å². The van der Waals surface area contributed by atoms with Gasteiger partial charge in [-0.2, -0.15) is 0 Å². The first-order valence-electron chi connectivity index (χ1n) is 19.8. The van der Waals surface area contributed by atoms with E-state index in [-0.39, 0.29) is 56.8 Å². The molecule has 6 bridgehead atoms. The number of cyclic esters (lactones) is 2. The number of hydrogen-bond acceptors (Lipinski definition) is 12. The molecule has 0 aromatic carbocycles. The summed E-state index contributed by atoms with van der Waals surface area (Å²) < 4.78 is 26.3. The summed E-state index contributed by atoms with van der Waals surface area (Å²) in [6.45, 7) is 6.17. The average Bonchev–Trinajstić information content (AvgIpc) is 3.96. The lowest BCUT2D eigenvalue weighted by Crippen LogP contribution is -2.53. The third kappa shape index (κ3) is 12.4. The average molecular weight is 741 g/mol. The van der Waals surface area contributed by atoms with Gasteiger partial charge in [-0.25, -0.2) is 0 Å². The Morgan fingerprint density at radius 3 is 1.65 bits per heavy atom. The maximum absolute atomic E-state index is 11.8. The summed E-state index contributed by atoms with van der Waals surface area (Å²) in [7, 11) is 0. The summed E-state index contributed by atoms with van der Waals surface area (Å²) in [6, 6.07) is 0. The standard InChI is InChI=1S/C16H28O8.C12H20O2.C7H12.C4H4O3/c17-7-1-3-9-22-16(21,23-10-4-2-8-18)14-12-6-5-11(24-12)13(14)15(19)20;1-12(2,3)14-11(13)10-7-8-4-5-9(10)6-8;1-2-7-4-3-6(1)5-7;5-3-1-2-4(6)7-3/h11-14,17-18,21H,1-10H2,(H,19,20);8-10H,4-7H2,1-3H3;6-7H,1-5H2;1-2H2. The second kappa shape index (κ2) is 20.0. The quantitative estimate of drug-likeness (QED) is 0.0863. The van der Waals surface area contributed by atoms with E-state index in [2.05, 4.69) is 4.74 Å². The third-order valence-electron chi connectivity index (χ3n) is 11.5. The van der Waals surface area contributed by atoms with Gasteiger partial charge in [-0.05, 0) is 109 Å². The minimum atomic E-state index is -2.03. The van der Waals surface area contributed by atoms with Crippen LogP contribution in [-0.4, -0.2) is 94.5 Å². The Morgan fingerprint density at radius 2 is 1.27 bits per heavy atom. The molecule has 7 unspecified atom stereocenters. The highest BCUT2D eigenvalue weighted by Crippen LogP contribution is 2.50.